The molecule has 126 valence electrons. The van der Waals surface area contributed by atoms with Gasteiger partial charge in [-0.2, -0.15) is 0 Å². The van der Waals surface area contributed by atoms with Gasteiger partial charge in [0.05, 0.1) is 6.42 Å². The zero-order chi connectivity index (χ0) is 17.6. The Morgan fingerprint density at radius 2 is 1.56 bits per heavy atom. The summed E-state index contributed by atoms with van der Waals surface area (Å²) in [7, 11) is 0. The first kappa shape index (κ1) is 16.8. The summed E-state index contributed by atoms with van der Waals surface area (Å²) in [5.41, 5.74) is 4.15. The highest BCUT2D eigenvalue weighted by Crippen LogP contribution is 2.22. The Kier molecular flexibility index (Phi) is 5.14. The number of para-hydroxylation sites is 1. The van der Waals surface area contributed by atoms with Crippen molar-refractivity contribution in [1.82, 2.24) is 0 Å². The number of amides is 1. The molecule has 0 aliphatic carbocycles. The van der Waals surface area contributed by atoms with Gasteiger partial charge < -0.3 is 10.1 Å². The lowest BCUT2D eigenvalue weighted by molar-refractivity contribution is -0.115. The monoisotopic (exact) mass is 331 g/mol. The standard InChI is InChI=1S/C22H21NO2/c1-16-8-9-18(17(2)14-16)15-22(24)23-19-10-12-21(13-11-19)25-20-6-4-3-5-7-20/h3-14H,15H2,1-2H3,(H,23,24). The molecular weight excluding hydrogens is 310 g/mol. The minimum Gasteiger partial charge on any atom is -0.457 e. The largest absolute Gasteiger partial charge is 0.457 e. The van der Waals surface area contributed by atoms with E-state index in [1.54, 1.807) is 0 Å². The second-order valence-corrected chi connectivity index (χ2v) is 6.09. The molecule has 1 amide bonds. The van der Waals surface area contributed by atoms with Crippen LogP contribution in [0.3, 0.4) is 0 Å². The first-order chi connectivity index (χ1) is 12.1. The predicted octanol–water partition coefficient (Wildman–Crippen LogP) is 5.28. The summed E-state index contributed by atoms with van der Waals surface area (Å²) in [6.07, 6.45) is 0.369. The van der Waals surface area contributed by atoms with Crippen molar-refractivity contribution in [1.29, 1.82) is 0 Å². The zero-order valence-electron chi connectivity index (χ0n) is 14.5. The average Bonchev–Trinajstić information content (AvgIpc) is 2.60. The number of hydrogen-bond donors (Lipinski definition) is 1. The van der Waals surface area contributed by atoms with Crippen molar-refractivity contribution in [2.24, 2.45) is 0 Å². The Morgan fingerprint density at radius 3 is 2.24 bits per heavy atom. The van der Waals surface area contributed by atoms with Crippen LogP contribution in [0.4, 0.5) is 5.69 Å². The van der Waals surface area contributed by atoms with E-state index in [0.717, 1.165) is 28.3 Å². The van der Waals surface area contributed by atoms with Crippen LogP contribution in [-0.4, -0.2) is 5.91 Å². The summed E-state index contributed by atoms with van der Waals surface area (Å²) in [5, 5.41) is 2.93. The van der Waals surface area contributed by atoms with Crippen LogP contribution in [0.2, 0.25) is 0 Å². The van der Waals surface area contributed by atoms with Crippen LogP contribution in [0.5, 0.6) is 11.5 Å². The quantitative estimate of drug-likeness (QED) is 0.691. The minimum absolute atomic E-state index is 0.0244. The van der Waals surface area contributed by atoms with Gasteiger partial charge in [0.25, 0.3) is 0 Å². The van der Waals surface area contributed by atoms with Gasteiger partial charge in [0.2, 0.25) is 5.91 Å². The number of benzene rings is 3. The lowest BCUT2D eigenvalue weighted by Gasteiger charge is -2.09. The van der Waals surface area contributed by atoms with Gasteiger partial charge in [-0.25, -0.2) is 0 Å². The molecule has 3 heteroatoms. The Hall–Kier alpha value is -3.07. The van der Waals surface area contributed by atoms with E-state index in [-0.39, 0.29) is 5.91 Å². The van der Waals surface area contributed by atoms with Crippen LogP contribution in [0.1, 0.15) is 16.7 Å². The number of anilines is 1. The van der Waals surface area contributed by atoms with Gasteiger partial charge in [-0.1, -0.05) is 42.0 Å². The van der Waals surface area contributed by atoms with Crippen molar-refractivity contribution in [3.63, 3.8) is 0 Å². The van der Waals surface area contributed by atoms with Crippen molar-refractivity contribution in [2.45, 2.75) is 20.3 Å². The smallest absolute Gasteiger partial charge is 0.228 e. The normalized spacial score (nSPS) is 10.3. The molecular formula is C22H21NO2. The molecule has 0 fully saturated rings. The molecule has 0 unspecified atom stereocenters. The van der Waals surface area contributed by atoms with Crippen LogP contribution in [-0.2, 0) is 11.2 Å². The maximum atomic E-state index is 12.3. The second kappa shape index (κ2) is 7.67. The van der Waals surface area contributed by atoms with E-state index in [9.17, 15) is 4.79 Å². The lowest BCUT2D eigenvalue weighted by atomic mass is 10.0. The van der Waals surface area contributed by atoms with Crippen molar-refractivity contribution < 1.29 is 9.53 Å². The van der Waals surface area contributed by atoms with Gasteiger partial charge in [0.1, 0.15) is 11.5 Å². The molecule has 0 aromatic heterocycles. The summed E-state index contributed by atoms with van der Waals surface area (Å²) in [4.78, 5) is 12.3. The molecule has 1 N–H and O–H groups in total. The lowest BCUT2D eigenvalue weighted by Crippen LogP contribution is -2.15. The summed E-state index contributed by atoms with van der Waals surface area (Å²) >= 11 is 0. The molecule has 3 nitrogen and oxygen atoms in total. The van der Waals surface area contributed by atoms with Gasteiger partial charge in [-0.15, -0.1) is 0 Å². The molecule has 0 aliphatic rings. The van der Waals surface area contributed by atoms with E-state index >= 15 is 0 Å². The van der Waals surface area contributed by atoms with Crippen LogP contribution >= 0.6 is 0 Å². The van der Waals surface area contributed by atoms with E-state index in [4.69, 9.17) is 4.74 Å². The molecule has 0 bridgehead atoms. The van der Waals surface area contributed by atoms with E-state index < -0.39 is 0 Å². The Labute approximate surface area is 148 Å². The Morgan fingerprint density at radius 1 is 0.880 bits per heavy atom. The number of rotatable bonds is 5. The van der Waals surface area contributed by atoms with E-state index in [1.807, 2.05) is 73.7 Å². The van der Waals surface area contributed by atoms with E-state index in [1.165, 1.54) is 5.56 Å². The molecule has 0 saturated carbocycles. The number of nitrogens with one attached hydrogen (secondary N) is 1. The molecule has 0 radical (unpaired) electrons. The average molecular weight is 331 g/mol. The minimum atomic E-state index is -0.0244. The zero-order valence-corrected chi connectivity index (χ0v) is 14.5. The molecule has 0 atom stereocenters. The molecule has 3 rings (SSSR count). The van der Waals surface area contributed by atoms with Crippen LogP contribution in [0, 0.1) is 13.8 Å². The number of aryl methyl sites for hydroxylation is 2. The molecule has 3 aromatic rings. The van der Waals surface area contributed by atoms with Crippen molar-refractivity contribution in [3.05, 3.63) is 89.5 Å². The molecule has 3 aromatic carbocycles. The van der Waals surface area contributed by atoms with Gasteiger partial charge in [-0.3, -0.25) is 4.79 Å². The van der Waals surface area contributed by atoms with E-state index in [2.05, 4.69) is 18.3 Å². The second-order valence-electron chi connectivity index (χ2n) is 6.09. The van der Waals surface area contributed by atoms with Crippen molar-refractivity contribution in [2.75, 3.05) is 5.32 Å². The number of ether oxygens (including phenoxy) is 1. The fourth-order valence-corrected chi connectivity index (χ4v) is 2.65. The van der Waals surface area contributed by atoms with Crippen LogP contribution in [0.15, 0.2) is 72.8 Å². The Bertz CT molecular complexity index is 855. The van der Waals surface area contributed by atoms with Gasteiger partial charge >= 0.3 is 0 Å². The fourth-order valence-electron chi connectivity index (χ4n) is 2.65. The van der Waals surface area contributed by atoms with Gasteiger partial charge in [0, 0.05) is 5.69 Å². The third-order valence-corrected chi connectivity index (χ3v) is 3.97. The van der Waals surface area contributed by atoms with E-state index in [0.29, 0.717) is 6.42 Å². The van der Waals surface area contributed by atoms with Crippen molar-refractivity contribution >= 4 is 11.6 Å². The first-order valence-electron chi connectivity index (χ1n) is 8.29. The molecule has 0 aliphatic heterocycles. The van der Waals surface area contributed by atoms with Crippen molar-refractivity contribution in [3.8, 4) is 11.5 Å². The SMILES string of the molecule is Cc1ccc(CC(=O)Nc2ccc(Oc3ccccc3)cc2)c(C)c1. The highest BCUT2D eigenvalue weighted by Gasteiger charge is 2.07. The third-order valence-electron chi connectivity index (χ3n) is 3.97. The number of carbonyl (C=O) groups excluding carboxylic acids is 1. The first-order valence-corrected chi connectivity index (χ1v) is 8.29. The third kappa shape index (κ3) is 4.70. The van der Waals surface area contributed by atoms with Crippen LogP contribution < -0.4 is 10.1 Å². The topological polar surface area (TPSA) is 38.3 Å². The predicted molar refractivity (Wildman–Crippen MR) is 101 cm³/mol. The fraction of sp³-hybridized carbons (Fsp3) is 0.136. The summed E-state index contributed by atoms with van der Waals surface area (Å²) in [6.45, 7) is 4.08. The molecule has 0 spiro atoms. The number of hydrogen-bond acceptors (Lipinski definition) is 2. The summed E-state index contributed by atoms with van der Waals surface area (Å²) in [6, 6.07) is 23.1. The summed E-state index contributed by atoms with van der Waals surface area (Å²) in [5.74, 6) is 1.50. The molecule has 0 saturated heterocycles. The maximum Gasteiger partial charge on any atom is 0.228 e. The highest BCUT2D eigenvalue weighted by atomic mass is 16.5. The maximum absolute atomic E-state index is 12.3. The molecule has 0 heterocycles. The van der Waals surface area contributed by atoms with Gasteiger partial charge in [0.15, 0.2) is 0 Å². The Balaban J connectivity index is 1.60. The highest BCUT2D eigenvalue weighted by molar-refractivity contribution is 5.92. The number of carbonyl (C=O) groups is 1. The van der Waals surface area contributed by atoms with Crippen LogP contribution in [0.25, 0.3) is 0 Å². The van der Waals surface area contributed by atoms with Gasteiger partial charge in [-0.05, 0) is 61.4 Å². The summed E-state index contributed by atoms with van der Waals surface area (Å²) < 4.78 is 5.75. The molecule has 25 heavy (non-hydrogen) atoms.